The molecule has 7 heteroatoms. The van der Waals surface area contributed by atoms with Gasteiger partial charge < -0.3 is 15.0 Å². The summed E-state index contributed by atoms with van der Waals surface area (Å²) in [5.41, 5.74) is 2.47. The summed E-state index contributed by atoms with van der Waals surface area (Å²) in [7, 11) is 1.94. The van der Waals surface area contributed by atoms with Gasteiger partial charge in [0.05, 0.1) is 19.3 Å². The maximum atomic E-state index is 5.99. The highest BCUT2D eigenvalue weighted by atomic mass is 127. The fraction of sp³-hybridized carbons (Fsp3) is 0.545. The zero-order chi connectivity index (χ0) is 19.9. The summed E-state index contributed by atoms with van der Waals surface area (Å²) >= 11 is 0. The van der Waals surface area contributed by atoms with Crippen LogP contribution >= 0.6 is 24.0 Å². The van der Waals surface area contributed by atoms with Crippen molar-refractivity contribution in [2.24, 2.45) is 18.0 Å². The zero-order valence-corrected chi connectivity index (χ0v) is 20.2. The molecule has 0 spiro atoms. The molecular weight excluding hydrogens is 477 g/mol. The molecule has 3 rings (SSSR count). The van der Waals surface area contributed by atoms with Crippen molar-refractivity contribution in [1.82, 2.24) is 20.0 Å². The van der Waals surface area contributed by atoms with Gasteiger partial charge in [-0.05, 0) is 18.4 Å². The second-order valence-electron chi connectivity index (χ2n) is 7.71. The quantitative estimate of drug-likeness (QED) is 0.364. The van der Waals surface area contributed by atoms with E-state index in [9.17, 15) is 0 Å². The number of aryl methyl sites for hydroxylation is 1. The molecule has 0 radical (unpaired) electrons. The second-order valence-corrected chi connectivity index (χ2v) is 7.71. The van der Waals surface area contributed by atoms with Crippen molar-refractivity contribution in [3.05, 3.63) is 53.9 Å². The number of aromatic nitrogens is 2. The Hall–Kier alpha value is -1.61. The highest BCUT2D eigenvalue weighted by Gasteiger charge is 2.25. The molecule has 2 unspecified atom stereocenters. The van der Waals surface area contributed by atoms with E-state index in [0.29, 0.717) is 18.4 Å². The van der Waals surface area contributed by atoms with Crippen LogP contribution in [-0.4, -0.2) is 53.4 Å². The van der Waals surface area contributed by atoms with Gasteiger partial charge in [0.25, 0.3) is 0 Å². The Balaban J connectivity index is 0.00000300. The summed E-state index contributed by atoms with van der Waals surface area (Å²) < 4.78 is 7.81. The van der Waals surface area contributed by atoms with Crippen LogP contribution in [0.15, 0.2) is 47.7 Å². The lowest BCUT2D eigenvalue weighted by atomic mass is 9.88. The third-order valence-electron chi connectivity index (χ3n) is 5.27. The Morgan fingerprint density at radius 3 is 2.69 bits per heavy atom. The lowest BCUT2D eigenvalue weighted by molar-refractivity contribution is -0.00805. The lowest BCUT2D eigenvalue weighted by Crippen LogP contribution is -2.48. The second kappa shape index (κ2) is 11.5. The van der Waals surface area contributed by atoms with Gasteiger partial charge in [-0.1, -0.05) is 44.2 Å². The minimum atomic E-state index is 0. The van der Waals surface area contributed by atoms with Gasteiger partial charge in [-0.25, -0.2) is 0 Å². The third kappa shape index (κ3) is 6.44. The Kier molecular flexibility index (Phi) is 9.42. The van der Waals surface area contributed by atoms with Gasteiger partial charge in [0.1, 0.15) is 6.10 Å². The van der Waals surface area contributed by atoms with E-state index in [2.05, 4.69) is 66.4 Å². The van der Waals surface area contributed by atoms with Gasteiger partial charge in [-0.2, -0.15) is 5.10 Å². The number of rotatable bonds is 6. The zero-order valence-electron chi connectivity index (χ0n) is 17.9. The first-order valence-corrected chi connectivity index (χ1v) is 10.3. The molecule has 1 aromatic heterocycles. The maximum Gasteiger partial charge on any atom is 0.194 e. The Bertz CT molecular complexity index is 762. The molecule has 29 heavy (non-hydrogen) atoms. The lowest BCUT2D eigenvalue weighted by Gasteiger charge is -2.35. The summed E-state index contributed by atoms with van der Waals surface area (Å²) in [6.07, 6.45) is 3.95. The normalized spacial score (nSPS) is 18.4. The maximum absolute atomic E-state index is 5.99. The van der Waals surface area contributed by atoms with Gasteiger partial charge in [0.2, 0.25) is 0 Å². The molecule has 0 amide bonds. The van der Waals surface area contributed by atoms with Crippen molar-refractivity contribution in [2.75, 3.05) is 32.8 Å². The number of nitrogens with one attached hydrogen (secondary N) is 1. The summed E-state index contributed by atoms with van der Waals surface area (Å²) in [6.45, 7) is 10.6. The number of morpholine rings is 1. The van der Waals surface area contributed by atoms with Crippen LogP contribution in [-0.2, 0) is 11.8 Å². The molecule has 0 saturated carbocycles. The Morgan fingerprint density at radius 2 is 2.07 bits per heavy atom. The van der Waals surface area contributed by atoms with E-state index >= 15 is 0 Å². The monoisotopic (exact) mass is 511 g/mol. The summed E-state index contributed by atoms with van der Waals surface area (Å²) in [5, 5.41) is 7.76. The molecule has 1 N–H and O–H groups in total. The molecule has 6 nitrogen and oxygen atoms in total. The van der Waals surface area contributed by atoms with Gasteiger partial charge in [0.15, 0.2) is 5.96 Å². The number of halogens is 1. The van der Waals surface area contributed by atoms with E-state index in [1.807, 2.05) is 24.1 Å². The van der Waals surface area contributed by atoms with E-state index in [1.165, 1.54) is 5.56 Å². The van der Waals surface area contributed by atoms with Crippen LogP contribution in [0.3, 0.4) is 0 Å². The average molecular weight is 511 g/mol. The first kappa shape index (κ1) is 23.7. The number of hydrogen-bond donors (Lipinski definition) is 1. The van der Waals surface area contributed by atoms with E-state index < -0.39 is 0 Å². The van der Waals surface area contributed by atoms with Crippen molar-refractivity contribution >= 4 is 29.9 Å². The van der Waals surface area contributed by atoms with Crippen molar-refractivity contribution in [1.29, 1.82) is 0 Å². The number of nitrogens with zero attached hydrogens (tertiary/aromatic N) is 4. The minimum Gasteiger partial charge on any atom is -0.370 e. The first-order chi connectivity index (χ1) is 13.6. The molecular formula is C22H34IN5O. The van der Waals surface area contributed by atoms with Crippen LogP contribution in [0.4, 0.5) is 0 Å². The van der Waals surface area contributed by atoms with Crippen molar-refractivity contribution in [3.63, 3.8) is 0 Å². The topological polar surface area (TPSA) is 54.7 Å². The number of aliphatic imine (C=N–C) groups is 1. The molecule has 1 fully saturated rings. The Morgan fingerprint density at radius 1 is 1.31 bits per heavy atom. The minimum absolute atomic E-state index is 0. The smallest absolute Gasteiger partial charge is 0.194 e. The van der Waals surface area contributed by atoms with Gasteiger partial charge in [0, 0.05) is 44.4 Å². The van der Waals surface area contributed by atoms with Gasteiger partial charge in [-0.3, -0.25) is 9.67 Å². The predicted molar refractivity (Wildman–Crippen MR) is 129 cm³/mol. The summed E-state index contributed by atoms with van der Waals surface area (Å²) in [5.74, 6) is 1.91. The third-order valence-corrected chi connectivity index (χ3v) is 5.27. The molecule has 2 aromatic rings. The Labute approximate surface area is 191 Å². The van der Waals surface area contributed by atoms with Crippen LogP contribution in [0, 0.1) is 5.92 Å². The SMILES string of the molecule is CCNC(=NCC(c1ccccc1)C(C)C)N1CCOC(c2cnn(C)c2)C1.I. The van der Waals surface area contributed by atoms with E-state index in [1.54, 1.807) is 0 Å². The van der Waals surface area contributed by atoms with E-state index in [0.717, 1.165) is 37.7 Å². The molecule has 2 heterocycles. The van der Waals surface area contributed by atoms with Crippen molar-refractivity contribution in [2.45, 2.75) is 32.8 Å². The molecule has 160 valence electrons. The van der Waals surface area contributed by atoms with Gasteiger partial charge >= 0.3 is 0 Å². The summed E-state index contributed by atoms with van der Waals surface area (Å²) in [6, 6.07) is 10.7. The molecule has 1 aliphatic heterocycles. The fourth-order valence-electron chi connectivity index (χ4n) is 3.66. The summed E-state index contributed by atoms with van der Waals surface area (Å²) in [4.78, 5) is 7.34. The first-order valence-electron chi connectivity index (χ1n) is 10.3. The van der Waals surface area contributed by atoms with Crippen LogP contribution in [0.25, 0.3) is 0 Å². The molecule has 1 saturated heterocycles. The predicted octanol–water partition coefficient (Wildman–Crippen LogP) is 3.82. The van der Waals surface area contributed by atoms with E-state index in [-0.39, 0.29) is 30.1 Å². The molecule has 2 atom stereocenters. The molecule has 1 aliphatic rings. The molecule has 0 aliphatic carbocycles. The van der Waals surface area contributed by atoms with E-state index in [4.69, 9.17) is 9.73 Å². The van der Waals surface area contributed by atoms with Crippen LogP contribution < -0.4 is 5.32 Å². The number of ether oxygens (including phenoxy) is 1. The fourth-order valence-corrected chi connectivity index (χ4v) is 3.66. The highest BCUT2D eigenvalue weighted by Crippen LogP contribution is 2.25. The van der Waals surface area contributed by atoms with Crippen molar-refractivity contribution < 1.29 is 4.74 Å². The molecule has 0 bridgehead atoms. The number of guanidine groups is 1. The largest absolute Gasteiger partial charge is 0.370 e. The van der Waals surface area contributed by atoms with Gasteiger partial charge in [-0.15, -0.1) is 24.0 Å². The van der Waals surface area contributed by atoms with Crippen LogP contribution in [0.2, 0.25) is 0 Å². The number of hydrogen-bond acceptors (Lipinski definition) is 3. The van der Waals surface area contributed by atoms with Crippen LogP contribution in [0.1, 0.15) is 43.9 Å². The average Bonchev–Trinajstić information content (AvgIpc) is 3.14. The number of benzene rings is 1. The standard InChI is InChI=1S/C22H33N5O.HI/c1-5-23-22(24-14-20(17(2)3)18-9-7-6-8-10-18)27-11-12-28-21(16-27)19-13-25-26(4)15-19;/h6-10,13,15,17,20-21H,5,11-12,14,16H2,1-4H3,(H,23,24);1H. The highest BCUT2D eigenvalue weighted by molar-refractivity contribution is 14.0. The van der Waals surface area contributed by atoms with Crippen molar-refractivity contribution in [3.8, 4) is 0 Å². The van der Waals surface area contributed by atoms with Crippen LogP contribution in [0.5, 0.6) is 0 Å². The molecule has 1 aromatic carbocycles.